The molecule has 0 saturated carbocycles. The van der Waals surface area contributed by atoms with Crippen LogP contribution >= 0.6 is 0 Å². The molecule has 4 heteroatoms. The van der Waals surface area contributed by atoms with Crippen molar-refractivity contribution in [1.82, 2.24) is 15.3 Å². The van der Waals surface area contributed by atoms with Crippen LogP contribution in [0.3, 0.4) is 0 Å². The van der Waals surface area contributed by atoms with Crippen molar-refractivity contribution in [2.75, 3.05) is 6.54 Å². The Balaban J connectivity index is 2.29. The van der Waals surface area contributed by atoms with Crippen molar-refractivity contribution < 1.29 is 4.42 Å². The molecule has 2 aromatic heterocycles. The van der Waals surface area contributed by atoms with Crippen LogP contribution < -0.4 is 5.32 Å². The largest absolute Gasteiger partial charge is 0.472 e. The summed E-state index contributed by atoms with van der Waals surface area (Å²) in [5.41, 5.74) is 3.06. The number of nitrogens with one attached hydrogen (secondary N) is 1. The van der Waals surface area contributed by atoms with Gasteiger partial charge >= 0.3 is 0 Å². The van der Waals surface area contributed by atoms with Gasteiger partial charge in [0.25, 0.3) is 0 Å². The van der Waals surface area contributed by atoms with Crippen molar-refractivity contribution in [1.29, 1.82) is 0 Å². The maximum absolute atomic E-state index is 5.03. The molecule has 0 amide bonds. The summed E-state index contributed by atoms with van der Waals surface area (Å²) >= 11 is 0. The van der Waals surface area contributed by atoms with Crippen LogP contribution in [0.4, 0.5) is 0 Å². The van der Waals surface area contributed by atoms with Crippen molar-refractivity contribution in [3.05, 3.63) is 36.0 Å². The van der Waals surface area contributed by atoms with Crippen molar-refractivity contribution in [2.24, 2.45) is 0 Å². The average molecular weight is 231 g/mol. The highest BCUT2D eigenvalue weighted by Crippen LogP contribution is 2.19. The van der Waals surface area contributed by atoms with Gasteiger partial charge in [-0.25, -0.2) is 9.97 Å². The molecule has 0 aliphatic heterocycles. The molecule has 0 aliphatic carbocycles. The summed E-state index contributed by atoms with van der Waals surface area (Å²) in [4.78, 5) is 8.88. The Bertz CT molecular complexity index is 479. The molecule has 2 rings (SSSR count). The minimum atomic E-state index is 0.276. The molecule has 4 nitrogen and oxygen atoms in total. The summed E-state index contributed by atoms with van der Waals surface area (Å²) in [7, 11) is 0. The SMILES string of the molecule is CCNC(C)c1cnc(-c2ccoc2)nc1C. The van der Waals surface area contributed by atoms with E-state index < -0.39 is 0 Å². The van der Waals surface area contributed by atoms with Gasteiger partial charge in [0.15, 0.2) is 5.82 Å². The molecule has 0 saturated heterocycles. The van der Waals surface area contributed by atoms with Gasteiger partial charge in [-0.05, 0) is 26.5 Å². The predicted octanol–water partition coefficient (Wildman–Crippen LogP) is 2.72. The van der Waals surface area contributed by atoms with Gasteiger partial charge in [-0.15, -0.1) is 0 Å². The molecule has 0 aliphatic rings. The average Bonchev–Trinajstić information content (AvgIpc) is 2.82. The molecule has 1 atom stereocenters. The topological polar surface area (TPSA) is 51.0 Å². The summed E-state index contributed by atoms with van der Waals surface area (Å²) in [6, 6.07) is 2.14. The summed E-state index contributed by atoms with van der Waals surface area (Å²) in [6.07, 6.45) is 5.17. The Morgan fingerprint density at radius 3 is 2.88 bits per heavy atom. The Labute approximate surface area is 101 Å². The minimum absolute atomic E-state index is 0.276. The molecule has 2 heterocycles. The fourth-order valence-corrected chi connectivity index (χ4v) is 1.85. The van der Waals surface area contributed by atoms with E-state index >= 15 is 0 Å². The summed E-state index contributed by atoms with van der Waals surface area (Å²) in [5.74, 6) is 0.712. The molecule has 0 radical (unpaired) electrons. The van der Waals surface area contributed by atoms with Crippen LogP contribution in [0.25, 0.3) is 11.4 Å². The summed E-state index contributed by atoms with van der Waals surface area (Å²) in [5, 5.41) is 3.36. The molecule has 0 bridgehead atoms. The first-order chi connectivity index (χ1) is 8.22. The van der Waals surface area contributed by atoms with E-state index in [1.807, 2.05) is 19.2 Å². The fraction of sp³-hybridized carbons (Fsp3) is 0.385. The van der Waals surface area contributed by atoms with Crippen LogP contribution in [0.5, 0.6) is 0 Å². The highest BCUT2D eigenvalue weighted by Gasteiger charge is 2.11. The van der Waals surface area contributed by atoms with Crippen LogP contribution in [0.15, 0.2) is 29.2 Å². The third kappa shape index (κ3) is 2.53. The maximum Gasteiger partial charge on any atom is 0.162 e. The Kier molecular flexibility index (Phi) is 3.54. The number of hydrogen-bond acceptors (Lipinski definition) is 4. The molecule has 0 aromatic carbocycles. The van der Waals surface area contributed by atoms with Gasteiger partial charge < -0.3 is 9.73 Å². The van der Waals surface area contributed by atoms with E-state index in [-0.39, 0.29) is 6.04 Å². The minimum Gasteiger partial charge on any atom is -0.472 e. The normalized spacial score (nSPS) is 12.6. The number of aromatic nitrogens is 2. The number of nitrogens with zero attached hydrogens (tertiary/aromatic N) is 2. The molecular weight excluding hydrogens is 214 g/mol. The smallest absolute Gasteiger partial charge is 0.162 e. The fourth-order valence-electron chi connectivity index (χ4n) is 1.85. The van der Waals surface area contributed by atoms with Crippen LogP contribution in [-0.2, 0) is 0 Å². The van der Waals surface area contributed by atoms with Crippen LogP contribution in [-0.4, -0.2) is 16.5 Å². The van der Waals surface area contributed by atoms with E-state index in [0.717, 1.165) is 23.4 Å². The number of furan rings is 1. The zero-order chi connectivity index (χ0) is 12.3. The van der Waals surface area contributed by atoms with Gasteiger partial charge in [-0.3, -0.25) is 0 Å². The van der Waals surface area contributed by atoms with Crippen LogP contribution in [0, 0.1) is 6.92 Å². The molecular formula is C13H17N3O. The third-order valence-corrected chi connectivity index (χ3v) is 2.77. The molecule has 1 unspecified atom stereocenters. The van der Waals surface area contributed by atoms with Gasteiger partial charge in [-0.2, -0.15) is 0 Å². The second-order valence-corrected chi connectivity index (χ2v) is 4.03. The second kappa shape index (κ2) is 5.10. The predicted molar refractivity (Wildman–Crippen MR) is 66.6 cm³/mol. The quantitative estimate of drug-likeness (QED) is 0.879. The van der Waals surface area contributed by atoms with Gasteiger partial charge in [0.05, 0.1) is 11.8 Å². The third-order valence-electron chi connectivity index (χ3n) is 2.77. The van der Waals surface area contributed by atoms with E-state index in [9.17, 15) is 0 Å². The first-order valence-corrected chi connectivity index (χ1v) is 5.82. The van der Waals surface area contributed by atoms with E-state index in [1.54, 1.807) is 12.5 Å². The molecule has 90 valence electrons. The van der Waals surface area contributed by atoms with E-state index in [2.05, 4.69) is 29.1 Å². The first kappa shape index (κ1) is 11.8. The van der Waals surface area contributed by atoms with E-state index in [1.165, 1.54) is 0 Å². The number of hydrogen-bond donors (Lipinski definition) is 1. The maximum atomic E-state index is 5.03. The Morgan fingerprint density at radius 2 is 2.29 bits per heavy atom. The van der Waals surface area contributed by atoms with Crippen molar-refractivity contribution in [2.45, 2.75) is 26.8 Å². The summed E-state index contributed by atoms with van der Waals surface area (Å²) < 4.78 is 5.03. The zero-order valence-corrected chi connectivity index (χ0v) is 10.4. The monoisotopic (exact) mass is 231 g/mol. The van der Waals surface area contributed by atoms with Crippen molar-refractivity contribution in [3.8, 4) is 11.4 Å². The van der Waals surface area contributed by atoms with E-state index in [4.69, 9.17) is 4.42 Å². The van der Waals surface area contributed by atoms with Gasteiger partial charge in [0.2, 0.25) is 0 Å². The van der Waals surface area contributed by atoms with Gasteiger partial charge in [0.1, 0.15) is 6.26 Å². The molecule has 2 aromatic rings. The van der Waals surface area contributed by atoms with Gasteiger partial charge in [0, 0.05) is 23.5 Å². The highest BCUT2D eigenvalue weighted by molar-refractivity contribution is 5.52. The molecule has 0 fully saturated rings. The number of aryl methyl sites for hydroxylation is 1. The lowest BCUT2D eigenvalue weighted by Crippen LogP contribution is -2.19. The standard InChI is InChI=1S/C13H17N3O/c1-4-14-9(2)12-7-15-13(16-10(12)3)11-5-6-17-8-11/h5-9,14H,4H2,1-3H3. The van der Waals surface area contributed by atoms with Crippen LogP contribution in [0.1, 0.15) is 31.1 Å². The van der Waals surface area contributed by atoms with Crippen LogP contribution in [0.2, 0.25) is 0 Å². The Hall–Kier alpha value is -1.68. The molecule has 17 heavy (non-hydrogen) atoms. The van der Waals surface area contributed by atoms with E-state index in [0.29, 0.717) is 5.82 Å². The first-order valence-electron chi connectivity index (χ1n) is 5.82. The van der Waals surface area contributed by atoms with Crippen molar-refractivity contribution >= 4 is 0 Å². The molecule has 0 spiro atoms. The highest BCUT2D eigenvalue weighted by atomic mass is 16.3. The van der Waals surface area contributed by atoms with Gasteiger partial charge in [-0.1, -0.05) is 6.92 Å². The van der Waals surface area contributed by atoms with Crippen molar-refractivity contribution in [3.63, 3.8) is 0 Å². The summed E-state index contributed by atoms with van der Waals surface area (Å²) in [6.45, 7) is 7.15. The Morgan fingerprint density at radius 1 is 1.47 bits per heavy atom. The number of rotatable bonds is 4. The lowest BCUT2D eigenvalue weighted by Gasteiger charge is -2.14. The zero-order valence-electron chi connectivity index (χ0n) is 10.4. The molecule has 1 N–H and O–H groups in total. The lowest BCUT2D eigenvalue weighted by molar-refractivity contribution is 0.567. The second-order valence-electron chi connectivity index (χ2n) is 4.03. The lowest BCUT2D eigenvalue weighted by atomic mass is 10.1.